The molecule has 0 aliphatic carbocycles. The van der Waals surface area contributed by atoms with Crippen molar-refractivity contribution in [3.05, 3.63) is 54.1 Å². The highest BCUT2D eigenvalue weighted by atomic mass is 16.5. The molecule has 0 bridgehead atoms. The van der Waals surface area contributed by atoms with E-state index in [4.69, 9.17) is 14.2 Å². The Balaban J connectivity index is 1.64. The number of carbonyl (C=O) groups excluding carboxylic acids is 1. The molecule has 0 heterocycles. The zero-order valence-corrected chi connectivity index (χ0v) is 14.9. The maximum Gasteiger partial charge on any atom is 0.315 e. The van der Waals surface area contributed by atoms with Gasteiger partial charge in [-0.05, 0) is 29.8 Å². The van der Waals surface area contributed by atoms with Gasteiger partial charge in [0.1, 0.15) is 12.4 Å². The van der Waals surface area contributed by atoms with Gasteiger partial charge < -0.3 is 24.8 Å². The van der Waals surface area contributed by atoms with Gasteiger partial charge in [-0.3, -0.25) is 0 Å². The summed E-state index contributed by atoms with van der Waals surface area (Å²) in [5.74, 6) is 7.75. The van der Waals surface area contributed by atoms with Gasteiger partial charge in [0.25, 0.3) is 0 Å². The largest absolute Gasteiger partial charge is 0.497 e. The number of hydrogen-bond acceptors (Lipinski definition) is 4. The Morgan fingerprint density at radius 2 is 1.65 bits per heavy atom. The molecule has 0 unspecified atom stereocenters. The third-order valence-electron chi connectivity index (χ3n) is 3.44. The summed E-state index contributed by atoms with van der Waals surface area (Å²) in [6, 6.07) is 14.6. The first-order valence-electron chi connectivity index (χ1n) is 8.09. The number of rotatable bonds is 7. The molecule has 2 amide bonds. The predicted octanol–water partition coefficient (Wildman–Crippen LogP) is 2.59. The zero-order chi connectivity index (χ0) is 18.6. The van der Waals surface area contributed by atoms with Crippen LogP contribution in [0.2, 0.25) is 0 Å². The van der Waals surface area contributed by atoms with Gasteiger partial charge in [-0.25, -0.2) is 4.79 Å². The average molecular weight is 354 g/mol. The fraction of sp³-hybridized carbons (Fsp3) is 0.250. The van der Waals surface area contributed by atoms with Crippen LogP contribution in [-0.2, 0) is 6.54 Å². The number of benzene rings is 2. The Labute approximate surface area is 153 Å². The number of amides is 2. The predicted molar refractivity (Wildman–Crippen MR) is 99.5 cm³/mol. The van der Waals surface area contributed by atoms with Crippen LogP contribution in [0.4, 0.5) is 4.79 Å². The lowest BCUT2D eigenvalue weighted by Gasteiger charge is -2.07. The van der Waals surface area contributed by atoms with E-state index in [1.165, 1.54) is 0 Å². The average Bonchev–Trinajstić information content (AvgIpc) is 2.69. The Morgan fingerprint density at radius 3 is 2.35 bits per heavy atom. The summed E-state index contributed by atoms with van der Waals surface area (Å²) in [6.45, 7) is 0.888. The van der Waals surface area contributed by atoms with Gasteiger partial charge in [0.2, 0.25) is 0 Å². The summed E-state index contributed by atoms with van der Waals surface area (Å²) in [6.07, 6.45) is 0. The second kappa shape index (κ2) is 10.5. The molecule has 6 heteroatoms. The molecular formula is C20H22N2O4. The molecule has 2 N–H and O–H groups in total. The van der Waals surface area contributed by atoms with E-state index >= 15 is 0 Å². The van der Waals surface area contributed by atoms with Crippen LogP contribution in [0.1, 0.15) is 5.56 Å². The number of urea groups is 1. The van der Waals surface area contributed by atoms with Gasteiger partial charge in [-0.1, -0.05) is 36.1 Å². The van der Waals surface area contributed by atoms with Crippen molar-refractivity contribution in [3.63, 3.8) is 0 Å². The lowest BCUT2D eigenvalue weighted by Crippen LogP contribution is -2.35. The number of methoxy groups -OCH3 is 2. The lowest BCUT2D eigenvalue weighted by molar-refractivity contribution is 0.241. The van der Waals surface area contributed by atoms with Gasteiger partial charge in [-0.15, -0.1) is 0 Å². The monoisotopic (exact) mass is 354 g/mol. The third-order valence-corrected chi connectivity index (χ3v) is 3.44. The summed E-state index contributed by atoms with van der Waals surface area (Å²) < 4.78 is 15.8. The molecule has 136 valence electrons. The van der Waals surface area contributed by atoms with Gasteiger partial charge in [0, 0.05) is 6.54 Å². The van der Waals surface area contributed by atoms with Crippen LogP contribution < -0.4 is 24.8 Å². The molecule has 2 aromatic rings. The van der Waals surface area contributed by atoms with E-state index < -0.39 is 0 Å². The van der Waals surface area contributed by atoms with Gasteiger partial charge in [0.15, 0.2) is 11.5 Å². The van der Waals surface area contributed by atoms with E-state index in [2.05, 4.69) is 22.5 Å². The van der Waals surface area contributed by atoms with E-state index in [0.717, 1.165) is 11.3 Å². The van der Waals surface area contributed by atoms with Crippen LogP contribution in [-0.4, -0.2) is 33.4 Å². The number of carbonyl (C=O) groups is 1. The first-order valence-corrected chi connectivity index (χ1v) is 8.09. The smallest absolute Gasteiger partial charge is 0.315 e. The third kappa shape index (κ3) is 6.29. The summed E-state index contributed by atoms with van der Waals surface area (Å²) in [5.41, 5.74) is 0.984. The summed E-state index contributed by atoms with van der Waals surface area (Å²) in [4.78, 5) is 11.7. The highest BCUT2D eigenvalue weighted by molar-refractivity contribution is 5.74. The molecule has 2 rings (SSSR count). The molecular weight excluding hydrogens is 332 g/mol. The van der Waals surface area contributed by atoms with E-state index in [0.29, 0.717) is 18.0 Å². The lowest BCUT2D eigenvalue weighted by atomic mass is 10.2. The maximum absolute atomic E-state index is 11.7. The van der Waals surface area contributed by atoms with Crippen LogP contribution in [0, 0.1) is 11.8 Å². The van der Waals surface area contributed by atoms with Crippen molar-refractivity contribution in [1.29, 1.82) is 0 Å². The first kappa shape index (κ1) is 19.0. The Morgan fingerprint density at radius 1 is 0.923 bits per heavy atom. The molecule has 0 aliphatic rings. The first-order chi connectivity index (χ1) is 12.7. The van der Waals surface area contributed by atoms with E-state index in [9.17, 15) is 4.79 Å². The Kier molecular flexibility index (Phi) is 7.69. The summed E-state index contributed by atoms with van der Waals surface area (Å²) in [5, 5.41) is 5.43. The standard InChI is InChI=1S/C20H22N2O4/c1-24-17-11-9-16(10-12-17)15-22-20(23)21-13-5-6-14-26-19-8-4-3-7-18(19)25-2/h3-4,7-12H,13-15H2,1-2H3,(H2,21,22,23). The number of nitrogens with one attached hydrogen (secondary N) is 2. The van der Waals surface area contributed by atoms with Crippen molar-refractivity contribution in [2.75, 3.05) is 27.4 Å². The van der Waals surface area contributed by atoms with Crippen LogP contribution in [0.3, 0.4) is 0 Å². The molecule has 0 aliphatic heterocycles. The van der Waals surface area contributed by atoms with Crippen molar-refractivity contribution in [3.8, 4) is 29.1 Å². The molecule has 0 spiro atoms. The SMILES string of the molecule is COc1ccc(CNC(=O)NCC#CCOc2ccccc2OC)cc1. The van der Waals surface area contributed by atoms with Crippen molar-refractivity contribution in [1.82, 2.24) is 10.6 Å². The molecule has 0 saturated heterocycles. The van der Waals surface area contributed by atoms with Gasteiger partial charge >= 0.3 is 6.03 Å². The van der Waals surface area contributed by atoms with Gasteiger partial charge in [-0.2, -0.15) is 0 Å². The number of hydrogen-bond donors (Lipinski definition) is 2. The topological polar surface area (TPSA) is 68.8 Å². The minimum Gasteiger partial charge on any atom is -0.497 e. The molecule has 2 aromatic carbocycles. The maximum atomic E-state index is 11.7. The fourth-order valence-electron chi connectivity index (χ4n) is 2.08. The molecule has 0 radical (unpaired) electrons. The van der Waals surface area contributed by atoms with Crippen LogP contribution in [0.15, 0.2) is 48.5 Å². The molecule has 0 aromatic heterocycles. The van der Waals surface area contributed by atoms with Crippen molar-refractivity contribution in [2.24, 2.45) is 0 Å². The zero-order valence-electron chi connectivity index (χ0n) is 14.9. The van der Waals surface area contributed by atoms with Crippen molar-refractivity contribution < 1.29 is 19.0 Å². The Hall–Kier alpha value is -3.33. The Bertz CT molecular complexity index is 763. The molecule has 0 saturated carbocycles. The highest BCUT2D eigenvalue weighted by Gasteiger charge is 2.01. The van der Waals surface area contributed by atoms with Crippen LogP contribution in [0.25, 0.3) is 0 Å². The second-order valence-corrected chi connectivity index (χ2v) is 5.18. The van der Waals surface area contributed by atoms with E-state index in [1.54, 1.807) is 14.2 Å². The van der Waals surface area contributed by atoms with Crippen molar-refractivity contribution >= 4 is 6.03 Å². The molecule has 6 nitrogen and oxygen atoms in total. The minimum absolute atomic E-state index is 0.218. The van der Waals surface area contributed by atoms with Gasteiger partial charge in [0.05, 0.1) is 20.8 Å². The second-order valence-electron chi connectivity index (χ2n) is 5.18. The highest BCUT2D eigenvalue weighted by Crippen LogP contribution is 2.25. The quantitative estimate of drug-likeness (QED) is 0.750. The van der Waals surface area contributed by atoms with Crippen LogP contribution >= 0.6 is 0 Å². The number of para-hydroxylation sites is 2. The van der Waals surface area contributed by atoms with Crippen molar-refractivity contribution in [2.45, 2.75) is 6.54 Å². The molecule has 0 fully saturated rings. The van der Waals surface area contributed by atoms with E-state index in [-0.39, 0.29) is 19.2 Å². The normalized spacial score (nSPS) is 9.46. The summed E-state index contributed by atoms with van der Waals surface area (Å²) in [7, 11) is 3.20. The molecule has 0 atom stereocenters. The van der Waals surface area contributed by atoms with E-state index in [1.807, 2.05) is 48.5 Å². The van der Waals surface area contributed by atoms with Crippen LogP contribution in [0.5, 0.6) is 17.2 Å². The fourth-order valence-corrected chi connectivity index (χ4v) is 2.08. The number of ether oxygens (including phenoxy) is 3. The summed E-state index contributed by atoms with van der Waals surface area (Å²) >= 11 is 0. The molecule has 26 heavy (non-hydrogen) atoms. The minimum atomic E-state index is -0.277.